The molecular weight excluding hydrogens is 708 g/mol. The highest BCUT2D eigenvalue weighted by Gasteiger charge is 2.39. The minimum absolute atomic E-state index is 0.121. The lowest BCUT2D eigenvalue weighted by Gasteiger charge is -2.30. The standard InChI is InChI=1S/C38H52N10O7/c1-25(39-2)35(52)43-31-22-27-10-12-28(13-11-27)41-33(49)15-14-29-23-47(45-44-29)20-19-46(24-34(50)51)18-16-40-36(53)30(21-26-7-4-3-5-8-26)42-37(54)32-9-6-17-48(32)38(31)55/h3-5,7-8,10-13,23,25,30-32,39,44-45H,6,9,14-22,24H2,1-2H3,(H,40,53)(H,41,49)(H,42,54)(H,43,52)(H,50,51)/t25-,30-,31-,32-/m0/s1. The molecule has 4 bridgehead atoms. The number of nitrogens with one attached hydrogen (secondary N) is 7. The summed E-state index contributed by atoms with van der Waals surface area (Å²) in [5.74, 6) is -2.94. The largest absolute Gasteiger partial charge is 0.480 e. The predicted molar refractivity (Wildman–Crippen MR) is 203 cm³/mol. The van der Waals surface area contributed by atoms with E-state index in [9.17, 15) is 33.9 Å². The van der Waals surface area contributed by atoms with Gasteiger partial charge in [-0.1, -0.05) is 42.5 Å². The molecule has 0 unspecified atom stereocenters. The summed E-state index contributed by atoms with van der Waals surface area (Å²) in [6.07, 6.45) is 3.71. The van der Waals surface area contributed by atoms with Crippen LogP contribution in [0.3, 0.4) is 0 Å². The molecule has 1 fully saturated rings. The number of carbonyl (C=O) groups is 6. The molecule has 0 saturated carbocycles. The lowest BCUT2D eigenvalue weighted by atomic mass is 10.0. The van der Waals surface area contributed by atoms with Gasteiger partial charge in [0.25, 0.3) is 0 Å². The van der Waals surface area contributed by atoms with Crippen molar-refractivity contribution in [1.82, 2.24) is 47.0 Å². The zero-order chi connectivity index (χ0) is 39.3. The van der Waals surface area contributed by atoms with Gasteiger partial charge in [0.2, 0.25) is 29.5 Å². The second-order valence-electron chi connectivity index (χ2n) is 14.0. The van der Waals surface area contributed by atoms with Crippen LogP contribution in [-0.2, 0) is 41.6 Å². The van der Waals surface area contributed by atoms with E-state index in [2.05, 4.69) is 37.5 Å². The van der Waals surface area contributed by atoms with Crippen molar-refractivity contribution in [3.05, 3.63) is 77.6 Å². The highest BCUT2D eigenvalue weighted by Crippen LogP contribution is 2.21. The van der Waals surface area contributed by atoms with Gasteiger partial charge in [0.15, 0.2) is 0 Å². The van der Waals surface area contributed by atoms with Crippen molar-refractivity contribution >= 4 is 41.2 Å². The number of fused-ring (bicyclic) bond motifs is 16. The van der Waals surface area contributed by atoms with Crippen molar-refractivity contribution in [2.45, 2.75) is 69.6 Å². The van der Waals surface area contributed by atoms with Gasteiger partial charge in [0.05, 0.1) is 12.6 Å². The molecule has 0 aliphatic carbocycles. The van der Waals surface area contributed by atoms with E-state index < -0.39 is 47.9 Å². The van der Waals surface area contributed by atoms with Crippen LogP contribution < -0.4 is 37.5 Å². The molecule has 17 nitrogen and oxygen atoms in total. The van der Waals surface area contributed by atoms with Crippen LogP contribution in [0.5, 0.6) is 0 Å². The Morgan fingerprint density at radius 1 is 0.945 bits per heavy atom. The first-order valence-corrected chi connectivity index (χ1v) is 18.7. The Hall–Kier alpha value is -5.52. The molecule has 2 aromatic carbocycles. The van der Waals surface area contributed by atoms with Crippen molar-refractivity contribution in [2.24, 2.45) is 0 Å². The lowest BCUT2D eigenvalue weighted by Crippen LogP contribution is -2.58. The monoisotopic (exact) mass is 760 g/mol. The molecular formula is C38H52N10O7. The number of anilines is 1. The predicted octanol–water partition coefficient (Wildman–Crippen LogP) is -0.558. The molecule has 0 spiro atoms. The maximum Gasteiger partial charge on any atom is 0.317 e. The molecule has 4 aliphatic heterocycles. The number of nitrogens with zero attached hydrogens (tertiary/aromatic N) is 3. The highest BCUT2D eigenvalue weighted by molar-refractivity contribution is 5.95. The van der Waals surface area contributed by atoms with E-state index in [-0.39, 0.29) is 50.7 Å². The van der Waals surface area contributed by atoms with Crippen LogP contribution in [0, 0.1) is 0 Å². The normalized spacial score (nSPS) is 22.8. The second-order valence-corrected chi connectivity index (χ2v) is 14.0. The summed E-state index contributed by atoms with van der Waals surface area (Å²) in [5, 5.41) is 25.8. The molecule has 4 aliphatic rings. The minimum Gasteiger partial charge on any atom is -0.480 e. The SMILES string of the molecule is CN[C@@H](C)C(=O)N[C@H]1Cc2ccc(cc2)NC(=O)CCC2=CN(CCN(CC(=O)O)CCNC(=O)[C@H](Cc3ccccc3)NC(=O)[C@@H]3CCCN3C1=O)NN2. The van der Waals surface area contributed by atoms with Gasteiger partial charge in [-0.25, -0.2) is 0 Å². The lowest BCUT2D eigenvalue weighted by molar-refractivity contribution is -0.142. The van der Waals surface area contributed by atoms with Crippen LogP contribution in [0.2, 0.25) is 0 Å². The van der Waals surface area contributed by atoms with Crippen molar-refractivity contribution in [3.63, 3.8) is 0 Å². The molecule has 2 aromatic rings. The molecule has 4 heterocycles. The fourth-order valence-electron chi connectivity index (χ4n) is 6.70. The molecule has 296 valence electrons. The summed E-state index contributed by atoms with van der Waals surface area (Å²) in [5.41, 5.74) is 8.96. The van der Waals surface area contributed by atoms with Gasteiger partial charge in [-0.05, 0) is 56.5 Å². The van der Waals surface area contributed by atoms with Crippen LogP contribution in [-0.4, -0.2) is 126 Å². The number of allylic oxidation sites excluding steroid dienone is 1. The van der Waals surface area contributed by atoms with E-state index >= 15 is 0 Å². The first-order valence-electron chi connectivity index (χ1n) is 18.7. The fourth-order valence-corrected chi connectivity index (χ4v) is 6.70. The summed E-state index contributed by atoms with van der Waals surface area (Å²) in [6, 6.07) is 12.9. The summed E-state index contributed by atoms with van der Waals surface area (Å²) in [4.78, 5) is 82.7. The smallest absolute Gasteiger partial charge is 0.317 e. The van der Waals surface area contributed by atoms with Gasteiger partial charge in [0, 0.05) is 69.6 Å². The van der Waals surface area contributed by atoms with Crippen LogP contribution in [0.1, 0.15) is 43.7 Å². The first kappa shape index (κ1) is 40.7. The number of carboxylic acids is 1. The Morgan fingerprint density at radius 2 is 1.71 bits per heavy atom. The van der Waals surface area contributed by atoms with Gasteiger partial charge in [-0.3, -0.25) is 38.7 Å². The van der Waals surface area contributed by atoms with Crippen molar-refractivity contribution in [1.29, 1.82) is 0 Å². The third-order valence-electron chi connectivity index (χ3n) is 9.91. The topological polar surface area (TPSA) is 217 Å². The van der Waals surface area contributed by atoms with Crippen LogP contribution >= 0.6 is 0 Å². The maximum absolute atomic E-state index is 14.2. The second kappa shape index (κ2) is 19.7. The zero-order valence-electron chi connectivity index (χ0n) is 31.3. The highest BCUT2D eigenvalue weighted by atomic mass is 16.4. The van der Waals surface area contributed by atoms with E-state index in [1.165, 1.54) is 4.90 Å². The zero-order valence-corrected chi connectivity index (χ0v) is 31.3. The van der Waals surface area contributed by atoms with Gasteiger partial charge >= 0.3 is 5.97 Å². The van der Waals surface area contributed by atoms with Crippen LogP contribution in [0.25, 0.3) is 0 Å². The first-order chi connectivity index (χ1) is 26.5. The Kier molecular flexibility index (Phi) is 14.6. The van der Waals surface area contributed by atoms with E-state index in [4.69, 9.17) is 0 Å². The molecule has 8 N–H and O–H groups in total. The maximum atomic E-state index is 14.2. The molecule has 1 saturated heterocycles. The number of hydrogen-bond donors (Lipinski definition) is 8. The van der Waals surface area contributed by atoms with Gasteiger partial charge < -0.3 is 42.0 Å². The fraction of sp³-hybridized carbons (Fsp3) is 0.474. The molecule has 5 amide bonds. The molecule has 0 radical (unpaired) electrons. The Morgan fingerprint density at radius 3 is 2.44 bits per heavy atom. The number of hydrazine groups is 2. The third kappa shape index (κ3) is 12.0. The molecule has 0 aromatic heterocycles. The summed E-state index contributed by atoms with van der Waals surface area (Å²) >= 11 is 0. The quantitative estimate of drug-likeness (QED) is 0.167. The van der Waals surface area contributed by atoms with Crippen molar-refractivity contribution in [2.75, 3.05) is 51.6 Å². The summed E-state index contributed by atoms with van der Waals surface area (Å²) in [6.45, 7) is 2.84. The molecule has 17 heteroatoms. The van der Waals surface area contributed by atoms with E-state index in [0.717, 1.165) is 16.8 Å². The Bertz CT molecular complexity index is 1710. The van der Waals surface area contributed by atoms with Crippen molar-refractivity contribution in [3.8, 4) is 0 Å². The Balaban J connectivity index is 1.40. The van der Waals surface area contributed by atoms with Crippen LogP contribution in [0.4, 0.5) is 5.69 Å². The van der Waals surface area contributed by atoms with Gasteiger partial charge in [0.1, 0.15) is 18.1 Å². The average molecular weight is 761 g/mol. The Labute approximate surface area is 320 Å². The number of aliphatic carboxylic acids is 1. The number of hydrogen-bond acceptors (Lipinski definition) is 11. The average Bonchev–Trinajstić information content (AvgIpc) is 3.86. The third-order valence-corrected chi connectivity index (χ3v) is 9.91. The number of benzene rings is 2. The molecule has 4 atom stereocenters. The van der Waals surface area contributed by atoms with E-state index in [1.54, 1.807) is 48.1 Å². The summed E-state index contributed by atoms with van der Waals surface area (Å²) < 4.78 is 0. The number of rotatable bonds is 7. The molecule has 6 rings (SSSR count). The van der Waals surface area contributed by atoms with Gasteiger partial charge in [-0.2, -0.15) is 0 Å². The minimum atomic E-state index is -1.02. The summed E-state index contributed by atoms with van der Waals surface area (Å²) in [7, 11) is 1.64. The van der Waals surface area contributed by atoms with Crippen molar-refractivity contribution < 1.29 is 33.9 Å². The molecule has 55 heavy (non-hydrogen) atoms. The van der Waals surface area contributed by atoms with Crippen LogP contribution in [0.15, 0.2) is 66.5 Å². The number of carbonyl (C=O) groups excluding carboxylic acids is 5. The van der Waals surface area contributed by atoms with E-state index in [0.29, 0.717) is 44.6 Å². The van der Waals surface area contributed by atoms with Gasteiger partial charge in [-0.15, -0.1) is 5.53 Å². The van der Waals surface area contributed by atoms with E-state index in [1.807, 2.05) is 36.5 Å². The number of likely N-dealkylation sites (N-methyl/N-ethyl adjacent to an activating group) is 1. The number of amides is 5. The number of carboxylic acid groups (broad SMARTS) is 1.